The summed E-state index contributed by atoms with van der Waals surface area (Å²) < 4.78 is 1.82. The molecule has 6 heteroatoms. The minimum Gasteiger partial charge on any atom is -0.374 e. The number of aromatic nitrogens is 2. The maximum Gasteiger partial charge on any atom is 0.228 e. The zero-order valence-electron chi connectivity index (χ0n) is 25.3. The van der Waals surface area contributed by atoms with Crippen molar-refractivity contribution < 1.29 is 4.79 Å². The number of aryl methyl sites for hydroxylation is 1. The maximum atomic E-state index is 13.1. The number of hydrogen-bond acceptors (Lipinski definition) is 4. The zero-order chi connectivity index (χ0) is 27.8. The smallest absolute Gasteiger partial charge is 0.228 e. The molecule has 206 valence electrons. The van der Waals surface area contributed by atoms with E-state index in [0.717, 1.165) is 55.0 Å². The molecule has 1 aliphatic rings. The van der Waals surface area contributed by atoms with Gasteiger partial charge in [0.05, 0.1) is 6.20 Å². The highest BCUT2D eigenvalue weighted by molar-refractivity contribution is 5.81. The average Bonchev–Trinajstić information content (AvgIpc) is 3.31. The molecule has 1 aromatic heterocycles. The van der Waals surface area contributed by atoms with Gasteiger partial charge in [0.15, 0.2) is 0 Å². The van der Waals surface area contributed by atoms with E-state index in [1.807, 2.05) is 65.8 Å². The van der Waals surface area contributed by atoms with E-state index in [4.69, 9.17) is 0 Å². The lowest BCUT2D eigenvalue weighted by atomic mass is 9.92. The summed E-state index contributed by atoms with van der Waals surface area (Å²) in [6.45, 7) is 24.1. The van der Waals surface area contributed by atoms with Crippen LogP contribution in [-0.4, -0.2) is 47.3 Å². The Morgan fingerprint density at radius 3 is 2.14 bits per heavy atom. The molecule has 2 rings (SSSR count). The summed E-state index contributed by atoms with van der Waals surface area (Å²) >= 11 is 0. The molecule has 2 heterocycles. The molecule has 1 saturated heterocycles. The fourth-order valence-electron chi connectivity index (χ4n) is 4.39. The topological polar surface area (TPSA) is 62.2 Å². The van der Waals surface area contributed by atoms with Crippen molar-refractivity contribution in [2.75, 3.05) is 26.7 Å². The van der Waals surface area contributed by atoms with Gasteiger partial charge in [-0.15, -0.1) is 0 Å². The number of rotatable bonds is 9. The van der Waals surface area contributed by atoms with Gasteiger partial charge in [0.1, 0.15) is 5.82 Å². The molecule has 1 aromatic rings. The predicted molar refractivity (Wildman–Crippen MR) is 156 cm³/mol. The summed E-state index contributed by atoms with van der Waals surface area (Å²) in [5, 5.41) is 10.7. The van der Waals surface area contributed by atoms with Gasteiger partial charge in [-0.05, 0) is 68.3 Å². The molecule has 0 saturated carbocycles. The highest BCUT2D eigenvalue weighted by atomic mass is 16.2. The number of likely N-dealkylation sites (tertiary alicyclic amines) is 1. The Morgan fingerprint density at radius 2 is 1.72 bits per heavy atom. The highest BCUT2D eigenvalue weighted by Gasteiger charge is 2.26. The molecule has 36 heavy (non-hydrogen) atoms. The zero-order valence-corrected chi connectivity index (χ0v) is 25.3. The van der Waals surface area contributed by atoms with Crippen LogP contribution in [0, 0.1) is 17.8 Å². The van der Waals surface area contributed by atoms with Crippen LogP contribution in [0.1, 0.15) is 87.6 Å². The standard InChI is InChI=1S/C26H43N5O.2C2H6/c1-9-21(23-15-28-30(8)17-23)14-24(19(4)5)20(6)25(27-7)29-26(32)22-10-12-31(13-11-22)16-18(2)3;2*1-2/h9,14-15,17-19,22,27H,10-13,16H2,1-8H3,(H,29,32);2*1-2H3/b21-9+,24-14+,25-20+;;. The average molecular weight is 502 g/mol. The third-order valence-corrected chi connectivity index (χ3v) is 6.17. The lowest BCUT2D eigenvalue weighted by molar-refractivity contribution is -0.125. The van der Waals surface area contributed by atoms with Gasteiger partial charge in [-0.1, -0.05) is 67.5 Å². The molecule has 1 amide bonds. The number of piperidine rings is 1. The number of amides is 1. The molecule has 0 unspecified atom stereocenters. The molecule has 0 bridgehead atoms. The lowest BCUT2D eigenvalue weighted by Gasteiger charge is -2.32. The van der Waals surface area contributed by atoms with E-state index in [9.17, 15) is 4.79 Å². The van der Waals surface area contributed by atoms with Gasteiger partial charge in [-0.25, -0.2) is 0 Å². The van der Waals surface area contributed by atoms with E-state index in [1.165, 1.54) is 5.57 Å². The highest BCUT2D eigenvalue weighted by Crippen LogP contribution is 2.27. The second-order valence-electron chi connectivity index (χ2n) is 9.61. The molecular weight excluding hydrogens is 446 g/mol. The Hall–Kier alpha value is -2.34. The van der Waals surface area contributed by atoms with Crippen molar-refractivity contribution in [1.82, 2.24) is 25.3 Å². The van der Waals surface area contributed by atoms with Crippen molar-refractivity contribution >= 4 is 11.5 Å². The minimum absolute atomic E-state index is 0.0718. The molecular formula is C30H55N5O. The van der Waals surface area contributed by atoms with E-state index in [1.54, 1.807) is 0 Å². The van der Waals surface area contributed by atoms with Crippen molar-refractivity contribution in [3.63, 3.8) is 0 Å². The third kappa shape index (κ3) is 10.7. The number of nitrogens with zero attached hydrogens (tertiary/aromatic N) is 3. The van der Waals surface area contributed by atoms with Crippen LogP contribution < -0.4 is 10.6 Å². The van der Waals surface area contributed by atoms with Gasteiger partial charge in [-0.2, -0.15) is 5.10 Å². The number of carbonyl (C=O) groups is 1. The van der Waals surface area contributed by atoms with Gasteiger partial charge in [0.25, 0.3) is 0 Å². The summed E-state index contributed by atoms with van der Waals surface area (Å²) in [5.41, 5.74) is 4.47. The Kier molecular flexibility index (Phi) is 16.8. The summed E-state index contributed by atoms with van der Waals surface area (Å²) in [4.78, 5) is 15.5. The number of carbonyl (C=O) groups excluding carboxylic acids is 1. The first-order chi connectivity index (χ1) is 17.2. The van der Waals surface area contributed by atoms with E-state index in [2.05, 4.69) is 67.4 Å². The van der Waals surface area contributed by atoms with Crippen LogP contribution in [0.2, 0.25) is 0 Å². The molecule has 2 N–H and O–H groups in total. The van der Waals surface area contributed by atoms with Gasteiger partial charge in [0, 0.05) is 38.3 Å². The van der Waals surface area contributed by atoms with Gasteiger partial charge < -0.3 is 15.5 Å². The maximum absolute atomic E-state index is 13.1. The van der Waals surface area contributed by atoms with Crippen molar-refractivity contribution in [3.05, 3.63) is 47.1 Å². The predicted octanol–water partition coefficient (Wildman–Crippen LogP) is 6.39. The van der Waals surface area contributed by atoms with Crippen molar-refractivity contribution in [2.45, 2.75) is 82.1 Å². The number of hydrogen-bond donors (Lipinski definition) is 2. The second-order valence-corrected chi connectivity index (χ2v) is 9.61. The SMILES string of the molecule is CC.CC.C\C=C(/C=C(/C(C)=C(\NC)NC(=O)C1CCN(CC(C)C)CC1)C(C)C)c1cnn(C)c1. The van der Waals surface area contributed by atoms with Gasteiger partial charge in [0.2, 0.25) is 5.91 Å². The molecule has 0 radical (unpaired) electrons. The summed E-state index contributed by atoms with van der Waals surface area (Å²) in [6, 6.07) is 0. The molecule has 0 atom stereocenters. The third-order valence-electron chi connectivity index (χ3n) is 6.17. The van der Waals surface area contributed by atoms with Crippen LogP contribution in [-0.2, 0) is 11.8 Å². The Morgan fingerprint density at radius 1 is 1.14 bits per heavy atom. The number of nitrogens with one attached hydrogen (secondary N) is 2. The first-order valence-electron chi connectivity index (χ1n) is 13.9. The largest absolute Gasteiger partial charge is 0.374 e. The van der Waals surface area contributed by atoms with Crippen LogP contribution in [0.25, 0.3) is 5.57 Å². The summed E-state index contributed by atoms with van der Waals surface area (Å²) in [5.74, 6) is 1.96. The molecule has 1 fully saturated rings. The second kappa shape index (κ2) is 18.0. The Balaban J connectivity index is 0.00000291. The first kappa shape index (κ1) is 33.7. The van der Waals surface area contributed by atoms with E-state index < -0.39 is 0 Å². The van der Waals surface area contributed by atoms with Crippen LogP contribution in [0.15, 0.2) is 41.5 Å². The summed E-state index contributed by atoms with van der Waals surface area (Å²) in [7, 11) is 3.80. The molecule has 0 spiro atoms. The fourth-order valence-corrected chi connectivity index (χ4v) is 4.39. The lowest BCUT2D eigenvalue weighted by Crippen LogP contribution is -2.43. The number of allylic oxidation sites excluding steroid dienone is 5. The van der Waals surface area contributed by atoms with Gasteiger partial charge in [-0.3, -0.25) is 9.48 Å². The Labute approximate surface area is 222 Å². The van der Waals surface area contributed by atoms with E-state index in [0.29, 0.717) is 11.8 Å². The van der Waals surface area contributed by atoms with Crippen LogP contribution in [0.5, 0.6) is 0 Å². The molecule has 0 aromatic carbocycles. The normalized spacial score (nSPS) is 16.1. The summed E-state index contributed by atoms with van der Waals surface area (Å²) in [6.07, 6.45) is 10.1. The van der Waals surface area contributed by atoms with E-state index >= 15 is 0 Å². The molecule has 0 aliphatic carbocycles. The van der Waals surface area contributed by atoms with Crippen molar-refractivity contribution in [2.24, 2.45) is 24.8 Å². The first-order valence-corrected chi connectivity index (χ1v) is 13.9. The van der Waals surface area contributed by atoms with Crippen molar-refractivity contribution in [3.8, 4) is 0 Å². The molecule has 6 nitrogen and oxygen atoms in total. The monoisotopic (exact) mass is 501 g/mol. The minimum atomic E-state index is 0.0718. The van der Waals surface area contributed by atoms with Crippen LogP contribution in [0.3, 0.4) is 0 Å². The fraction of sp³-hybridized carbons (Fsp3) is 0.667. The van der Waals surface area contributed by atoms with Crippen LogP contribution >= 0.6 is 0 Å². The molecule has 1 aliphatic heterocycles. The van der Waals surface area contributed by atoms with Crippen LogP contribution in [0.4, 0.5) is 0 Å². The quantitative estimate of drug-likeness (QED) is 0.385. The van der Waals surface area contributed by atoms with E-state index in [-0.39, 0.29) is 11.8 Å². The van der Waals surface area contributed by atoms with Crippen molar-refractivity contribution in [1.29, 1.82) is 0 Å². The van der Waals surface area contributed by atoms with Gasteiger partial charge >= 0.3 is 0 Å². The Bertz CT molecular complexity index is 852.